The van der Waals surface area contributed by atoms with E-state index in [0.717, 1.165) is 16.1 Å². The third kappa shape index (κ3) is 3.68. The molecule has 25 heavy (non-hydrogen) atoms. The minimum Gasteiger partial charge on any atom is -0.319 e. The smallest absolute Gasteiger partial charge is 0.281 e. The number of halogens is 3. The molecule has 7 heteroatoms. The second-order valence-electron chi connectivity index (χ2n) is 5.40. The molecule has 3 aromatic rings. The summed E-state index contributed by atoms with van der Waals surface area (Å²) in [7, 11) is 1.82. The Morgan fingerprint density at radius 3 is 2.48 bits per heavy atom. The van der Waals surface area contributed by atoms with Crippen LogP contribution in [0.4, 0.5) is 4.39 Å². The lowest BCUT2D eigenvalue weighted by Crippen LogP contribution is -2.14. The highest BCUT2D eigenvalue weighted by molar-refractivity contribution is 7.09. The molecule has 0 aliphatic rings. The van der Waals surface area contributed by atoms with Gasteiger partial charge in [0, 0.05) is 16.9 Å². The van der Waals surface area contributed by atoms with Gasteiger partial charge < -0.3 is 4.57 Å². The first kappa shape index (κ1) is 17.9. The van der Waals surface area contributed by atoms with E-state index in [4.69, 9.17) is 23.2 Å². The van der Waals surface area contributed by atoms with Crippen molar-refractivity contribution in [3.63, 3.8) is 0 Å². The lowest BCUT2D eigenvalue weighted by molar-refractivity contribution is 0.0998. The van der Waals surface area contributed by atoms with E-state index < -0.39 is 5.91 Å². The first-order valence-electron chi connectivity index (χ1n) is 7.33. The summed E-state index contributed by atoms with van der Waals surface area (Å²) in [6, 6.07) is 10.9. The number of aryl methyl sites for hydroxylation is 1. The van der Waals surface area contributed by atoms with Crippen LogP contribution in [0, 0.1) is 12.7 Å². The van der Waals surface area contributed by atoms with Crippen molar-refractivity contribution in [2.45, 2.75) is 6.92 Å². The van der Waals surface area contributed by atoms with Crippen LogP contribution in [0.5, 0.6) is 0 Å². The molecule has 0 unspecified atom stereocenters. The maximum atomic E-state index is 13.1. The molecule has 1 heterocycles. The molecule has 0 saturated heterocycles. The summed E-state index contributed by atoms with van der Waals surface area (Å²) in [5.74, 6) is -0.735. The topological polar surface area (TPSA) is 34.4 Å². The highest BCUT2D eigenvalue weighted by Gasteiger charge is 2.13. The van der Waals surface area contributed by atoms with Gasteiger partial charge in [-0.15, -0.1) is 11.3 Å². The Balaban J connectivity index is 2.06. The normalized spacial score (nSPS) is 11.8. The molecular formula is C18H13Cl2FN2OS. The number of nitrogens with zero attached hydrogens (tertiary/aromatic N) is 2. The average Bonchev–Trinajstić information content (AvgIpc) is 2.82. The zero-order valence-electron chi connectivity index (χ0n) is 13.4. The summed E-state index contributed by atoms with van der Waals surface area (Å²) in [5, 5.41) is 0.716. The molecule has 0 spiro atoms. The number of hydrogen-bond donors (Lipinski definition) is 0. The fraction of sp³-hybridized carbons (Fsp3) is 0.111. The van der Waals surface area contributed by atoms with Crippen LogP contribution in [0.3, 0.4) is 0 Å². The minimum atomic E-state index is -0.441. The van der Waals surface area contributed by atoms with Gasteiger partial charge >= 0.3 is 0 Å². The van der Waals surface area contributed by atoms with Crippen molar-refractivity contribution in [2.75, 3.05) is 0 Å². The summed E-state index contributed by atoms with van der Waals surface area (Å²) in [4.78, 5) is 18.1. The van der Waals surface area contributed by atoms with E-state index in [9.17, 15) is 9.18 Å². The summed E-state index contributed by atoms with van der Waals surface area (Å²) >= 11 is 13.3. The lowest BCUT2D eigenvalue weighted by atomic mass is 10.1. The number of thiazole rings is 1. The molecule has 0 aliphatic carbocycles. The molecule has 1 aromatic heterocycles. The molecule has 0 atom stereocenters. The summed E-state index contributed by atoms with van der Waals surface area (Å²) in [6.45, 7) is 1.93. The van der Waals surface area contributed by atoms with Gasteiger partial charge in [-0.05, 0) is 55.0 Å². The van der Waals surface area contributed by atoms with Crippen LogP contribution in [0.15, 0.2) is 47.5 Å². The molecule has 0 bridgehead atoms. The highest BCUT2D eigenvalue weighted by atomic mass is 35.5. The number of aromatic nitrogens is 1. The van der Waals surface area contributed by atoms with Crippen molar-refractivity contribution < 1.29 is 9.18 Å². The van der Waals surface area contributed by atoms with Crippen molar-refractivity contribution in [1.82, 2.24) is 4.57 Å². The van der Waals surface area contributed by atoms with Crippen LogP contribution in [-0.2, 0) is 7.05 Å². The van der Waals surface area contributed by atoms with Gasteiger partial charge in [0.1, 0.15) is 5.82 Å². The monoisotopic (exact) mass is 394 g/mol. The van der Waals surface area contributed by atoms with E-state index in [1.807, 2.05) is 18.5 Å². The van der Waals surface area contributed by atoms with Crippen LogP contribution in [0.1, 0.15) is 15.2 Å². The zero-order chi connectivity index (χ0) is 18.1. The van der Waals surface area contributed by atoms with Crippen LogP contribution >= 0.6 is 34.5 Å². The molecule has 0 N–H and O–H groups in total. The van der Waals surface area contributed by atoms with E-state index >= 15 is 0 Å². The average molecular weight is 395 g/mol. The summed E-state index contributed by atoms with van der Waals surface area (Å²) in [5.41, 5.74) is 2.04. The number of rotatable bonds is 2. The van der Waals surface area contributed by atoms with Crippen LogP contribution in [0.25, 0.3) is 11.3 Å². The van der Waals surface area contributed by atoms with Gasteiger partial charge in [-0.25, -0.2) is 4.39 Å². The number of hydrogen-bond acceptors (Lipinski definition) is 2. The van der Waals surface area contributed by atoms with Gasteiger partial charge in [-0.2, -0.15) is 4.99 Å². The molecule has 128 valence electrons. The fourth-order valence-electron chi connectivity index (χ4n) is 2.50. The van der Waals surface area contributed by atoms with Gasteiger partial charge in [0.2, 0.25) is 0 Å². The Bertz CT molecular complexity index is 1020. The Morgan fingerprint density at radius 2 is 1.84 bits per heavy atom. The molecule has 0 fully saturated rings. The van der Waals surface area contributed by atoms with Gasteiger partial charge in [-0.3, -0.25) is 4.79 Å². The standard InChI is InChI=1S/C18H13Cl2FN2OS/c1-10-16(11-3-6-13(21)7-4-11)23(2)18(25-10)22-17(24)14-8-5-12(19)9-15(14)20/h3-9H,1-2H3. The fourth-order valence-corrected chi connectivity index (χ4v) is 3.97. The SMILES string of the molecule is Cc1sc(=NC(=O)c2ccc(Cl)cc2Cl)n(C)c1-c1ccc(F)cc1. The summed E-state index contributed by atoms with van der Waals surface area (Å²) in [6.07, 6.45) is 0. The van der Waals surface area contributed by atoms with Crippen molar-refractivity contribution in [1.29, 1.82) is 0 Å². The van der Waals surface area contributed by atoms with Crippen molar-refractivity contribution in [2.24, 2.45) is 12.0 Å². The summed E-state index contributed by atoms with van der Waals surface area (Å²) < 4.78 is 15.0. The van der Waals surface area contributed by atoms with Gasteiger partial charge in [0.15, 0.2) is 4.80 Å². The van der Waals surface area contributed by atoms with Crippen molar-refractivity contribution in [3.05, 3.63) is 73.6 Å². The largest absolute Gasteiger partial charge is 0.319 e. The van der Waals surface area contributed by atoms with Gasteiger partial charge in [-0.1, -0.05) is 23.2 Å². The predicted octanol–water partition coefficient (Wildman–Crippen LogP) is 5.25. The molecule has 1 amide bonds. The molecular weight excluding hydrogens is 382 g/mol. The molecule has 0 saturated carbocycles. The second-order valence-corrected chi connectivity index (χ2v) is 7.42. The van der Waals surface area contributed by atoms with Crippen LogP contribution in [-0.4, -0.2) is 10.5 Å². The highest BCUT2D eigenvalue weighted by Crippen LogP contribution is 2.25. The first-order valence-corrected chi connectivity index (χ1v) is 8.90. The molecule has 2 aromatic carbocycles. The van der Waals surface area contributed by atoms with Gasteiger partial charge in [0.25, 0.3) is 5.91 Å². The zero-order valence-corrected chi connectivity index (χ0v) is 15.7. The third-order valence-electron chi connectivity index (χ3n) is 3.68. The van der Waals surface area contributed by atoms with E-state index in [1.165, 1.54) is 29.5 Å². The number of carbonyl (C=O) groups is 1. The number of amides is 1. The van der Waals surface area contributed by atoms with E-state index in [-0.39, 0.29) is 10.8 Å². The van der Waals surface area contributed by atoms with Crippen LogP contribution < -0.4 is 4.80 Å². The molecule has 3 nitrogen and oxygen atoms in total. The quantitative estimate of drug-likeness (QED) is 0.584. The molecule has 3 rings (SSSR count). The Morgan fingerprint density at radius 1 is 1.16 bits per heavy atom. The first-order chi connectivity index (χ1) is 11.9. The Kier molecular flexibility index (Phi) is 5.08. The minimum absolute atomic E-state index is 0.260. The van der Waals surface area contributed by atoms with Crippen molar-refractivity contribution >= 4 is 40.4 Å². The second kappa shape index (κ2) is 7.12. The number of carbonyl (C=O) groups excluding carboxylic acids is 1. The maximum Gasteiger partial charge on any atom is 0.281 e. The van der Waals surface area contributed by atoms with E-state index in [0.29, 0.717) is 15.4 Å². The van der Waals surface area contributed by atoms with E-state index in [1.54, 1.807) is 24.3 Å². The predicted molar refractivity (Wildman–Crippen MR) is 99.8 cm³/mol. The number of benzene rings is 2. The third-order valence-corrected chi connectivity index (χ3v) is 5.27. The van der Waals surface area contributed by atoms with Crippen molar-refractivity contribution in [3.8, 4) is 11.3 Å². The van der Waals surface area contributed by atoms with Gasteiger partial charge in [0.05, 0.1) is 16.3 Å². The lowest BCUT2D eigenvalue weighted by Gasteiger charge is -2.04. The maximum absolute atomic E-state index is 13.1. The van der Waals surface area contributed by atoms with Crippen LogP contribution in [0.2, 0.25) is 10.0 Å². The Labute approximate surface area is 158 Å². The molecule has 0 radical (unpaired) electrons. The molecule has 0 aliphatic heterocycles. The van der Waals surface area contributed by atoms with E-state index in [2.05, 4.69) is 4.99 Å². The Hall–Kier alpha value is -1.95.